The molecule has 2 aromatic carbocycles. The van der Waals surface area contributed by atoms with Gasteiger partial charge >= 0.3 is 33.4 Å². The van der Waals surface area contributed by atoms with Gasteiger partial charge in [0.1, 0.15) is 24.3 Å². The second kappa shape index (κ2) is 13.3. The topological polar surface area (TPSA) is 55.8 Å². The fraction of sp³-hybridized carbons (Fsp3) is 0.657. The first-order valence-electron chi connectivity index (χ1n) is 17.1. The highest BCUT2D eigenvalue weighted by molar-refractivity contribution is 7.88. The number of rotatable bonds is 10. The van der Waals surface area contributed by atoms with E-state index in [1.807, 2.05) is 31.2 Å². The van der Waals surface area contributed by atoms with Crippen molar-refractivity contribution in [1.29, 1.82) is 0 Å². The number of hydrogen-bond donors (Lipinski definition) is 0. The number of hydrogen-bond acceptors (Lipinski definition) is 5. The summed E-state index contributed by atoms with van der Waals surface area (Å²) in [4.78, 5) is 2.35. The van der Waals surface area contributed by atoms with Crippen LogP contribution in [-0.4, -0.2) is 69.0 Å². The van der Waals surface area contributed by atoms with Gasteiger partial charge in [-0.3, -0.25) is 4.90 Å². The maximum atomic E-state index is 15.6. The summed E-state index contributed by atoms with van der Waals surface area (Å²) < 4.78 is 171. The number of aryl methyl sites for hydroxylation is 1. The van der Waals surface area contributed by atoms with Gasteiger partial charge in [-0.25, -0.2) is 4.39 Å². The Morgan fingerprint density at radius 2 is 1.49 bits per heavy atom. The first-order valence-corrected chi connectivity index (χ1v) is 18.5. The van der Waals surface area contributed by atoms with Crippen molar-refractivity contribution in [2.75, 3.05) is 26.2 Å². The quantitative estimate of drug-likeness (QED) is 0.179. The van der Waals surface area contributed by atoms with Gasteiger partial charge in [0.05, 0.1) is 0 Å². The Balaban J connectivity index is 1.26. The molecule has 0 bridgehead atoms. The lowest BCUT2D eigenvalue weighted by atomic mass is 9.51. The molecule has 3 fully saturated rings. The van der Waals surface area contributed by atoms with Crippen molar-refractivity contribution < 1.29 is 61.2 Å². The van der Waals surface area contributed by atoms with Gasteiger partial charge in [-0.15, -0.1) is 0 Å². The van der Waals surface area contributed by atoms with Crippen LogP contribution in [0.2, 0.25) is 0 Å². The van der Waals surface area contributed by atoms with Gasteiger partial charge in [0, 0.05) is 12.0 Å². The van der Waals surface area contributed by atoms with Crippen LogP contribution in [0.1, 0.15) is 80.4 Å². The third-order valence-corrected chi connectivity index (χ3v) is 13.0. The molecule has 0 spiro atoms. The number of benzene rings is 2. The van der Waals surface area contributed by atoms with E-state index in [1.54, 1.807) is 0 Å². The van der Waals surface area contributed by atoms with Gasteiger partial charge in [-0.1, -0.05) is 31.5 Å². The summed E-state index contributed by atoms with van der Waals surface area (Å²) >= 11 is 0. The molecule has 1 heterocycles. The highest BCUT2D eigenvalue weighted by Crippen LogP contribution is 2.66. The number of ether oxygens (including phenoxy) is 1. The summed E-state index contributed by atoms with van der Waals surface area (Å²) in [5.74, 6) is -15.6. The molecule has 0 aromatic heterocycles. The Morgan fingerprint density at radius 1 is 0.843 bits per heavy atom. The summed E-state index contributed by atoms with van der Waals surface area (Å²) in [5.41, 5.74) is 1.35. The Morgan fingerprint density at radius 3 is 2.14 bits per heavy atom. The number of nitrogens with zero attached hydrogens (tertiary/aromatic N) is 1. The highest BCUT2D eigenvalue weighted by Gasteiger charge is 2.86. The third-order valence-electron chi connectivity index (χ3n) is 11.7. The Hall–Kier alpha value is -2.75. The molecule has 2 saturated carbocycles. The SMILES string of the molecule is C[C@]12C[C@H](c3ccc(OCCN4CCCCC4)cc3)[C@@H]3c4ccc(OS(=O)(=O)C(F)(F)C(F)(F)C(F)(F)C(F)(F)F)cc4CC[C@H]3[C@@H]1CC[C@H]2F. The monoisotopic (exact) mass is 759 g/mol. The molecule has 2 aromatic rings. The van der Waals surface area contributed by atoms with Gasteiger partial charge in [-0.05, 0) is 123 Å². The molecule has 6 atom stereocenters. The zero-order valence-corrected chi connectivity index (χ0v) is 28.5. The molecule has 51 heavy (non-hydrogen) atoms. The lowest BCUT2D eigenvalue weighted by Gasteiger charge is -2.53. The molecule has 1 saturated heterocycles. The smallest absolute Gasteiger partial charge is 0.460 e. The highest BCUT2D eigenvalue weighted by atomic mass is 32.2. The Labute approximate surface area is 289 Å². The van der Waals surface area contributed by atoms with Crippen LogP contribution >= 0.6 is 0 Å². The van der Waals surface area contributed by atoms with E-state index in [1.165, 1.54) is 12.5 Å². The van der Waals surface area contributed by atoms with E-state index in [2.05, 4.69) is 9.08 Å². The molecule has 0 unspecified atom stereocenters. The van der Waals surface area contributed by atoms with Crippen LogP contribution in [0, 0.1) is 17.3 Å². The van der Waals surface area contributed by atoms with E-state index < -0.39 is 50.7 Å². The molecular weight excluding hydrogens is 720 g/mol. The minimum absolute atomic E-state index is 0.00632. The average molecular weight is 760 g/mol. The molecular formula is C35H39F10NO4S. The molecule has 0 N–H and O–H groups in total. The number of halogens is 10. The summed E-state index contributed by atoms with van der Waals surface area (Å²) in [6.45, 7) is 5.34. The van der Waals surface area contributed by atoms with Crippen molar-refractivity contribution in [3.8, 4) is 11.5 Å². The van der Waals surface area contributed by atoms with E-state index >= 15 is 4.39 Å². The van der Waals surface area contributed by atoms with Gasteiger partial charge in [0.15, 0.2) is 0 Å². The van der Waals surface area contributed by atoms with Crippen LogP contribution in [0.15, 0.2) is 42.5 Å². The van der Waals surface area contributed by atoms with Crippen molar-refractivity contribution in [2.24, 2.45) is 17.3 Å². The normalized spacial score (nSPS) is 29.2. The second-order valence-corrected chi connectivity index (χ2v) is 16.2. The van der Waals surface area contributed by atoms with Crippen LogP contribution in [-0.2, 0) is 16.5 Å². The Kier molecular flexibility index (Phi) is 9.89. The molecule has 5 nitrogen and oxygen atoms in total. The van der Waals surface area contributed by atoms with Crippen LogP contribution in [0.4, 0.5) is 43.9 Å². The number of fused-ring (bicyclic) bond motifs is 5. The maximum absolute atomic E-state index is 15.6. The summed E-state index contributed by atoms with van der Waals surface area (Å²) in [5, 5.41) is -6.96. The van der Waals surface area contributed by atoms with Gasteiger partial charge in [-0.2, -0.15) is 47.9 Å². The summed E-state index contributed by atoms with van der Waals surface area (Å²) in [7, 11) is -7.08. The number of alkyl halides is 10. The molecule has 1 aliphatic heterocycles. The molecule has 0 amide bonds. The van der Waals surface area contributed by atoms with E-state index in [-0.39, 0.29) is 30.1 Å². The van der Waals surface area contributed by atoms with Crippen molar-refractivity contribution in [3.05, 3.63) is 59.2 Å². The van der Waals surface area contributed by atoms with Gasteiger partial charge in [0.2, 0.25) is 0 Å². The predicted octanol–water partition coefficient (Wildman–Crippen LogP) is 9.27. The van der Waals surface area contributed by atoms with E-state index in [4.69, 9.17) is 4.74 Å². The average Bonchev–Trinajstić information content (AvgIpc) is 3.37. The van der Waals surface area contributed by atoms with Crippen molar-refractivity contribution >= 4 is 10.1 Å². The molecule has 4 aliphatic rings. The van der Waals surface area contributed by atoms with Crippen molar-refractivity contribution in [2.45, 2.75) is 99.6 Å². The lowest BCUT2D eigenvalue weighted by molar-refractivity contribution is -0.382. The van der Waals surface area contributed by atoms with E-state index in [0.29, 0.717) is 49.2 Å². The predicted molar refractivity (Wildman–Crippen MR) is 167 cm³/mol. The summed E-state index contributed by atoms with van der Waals surface area (Å²) in [6, 6.07) is 10.8. The third kappa shape index (κ3) is 6.47. The molecule has 0 radical (unpaired) electrons. The van der Waals surface area contributed by atoms with Crippen molar-refractivity contribution in [1.82, 2.24) is 4.90 Å². The second-order valence-electron chi connectivity index (χ2n) is 14.6. The van der Waals surface area contributed by atoms with Crippen LogP contribution in [0.25, 0.3) is 0 Å². The van der Waals surface area contributed by atoms with Crippen molar-refractivity contribution in [3.63, 3.8) is 0 Å². The van der Waals surface area contributed by atoms with Crippen LogP contribution in [0.3, 0.4) is 0 Å². The number of piperidine rings is 1. The fourth-order valence-corrected chi connectivity index (χ4v) is 9.89. The molecule has 284 valence electrons. The maximum Gasteiger partial charge on any atom is 0.460 e. The number of likely N-dealkylation sites (tertiary alicyclic amines) is 1. The molecule has 6 rings (SSSR count). The zero-order chi connectivity index (χ0) is 37.2. The van der Waals surface area contributed by atoms with Crippen LogP contribution in [0.5, 0.6) is 11.5 Å². The first kappa shape index (κ1) is 38.0. The Bertz CT molecular complexity index is 1680. The van der Waals surface area contributed by atoms with Gasteiger partial charge < -0.3 is 8.92 Å². The fourth-order valence-electron chi connectivity index (χ4n) is 8.98. The minimum atomic E-state index is -7.40. The standard InChI is InChI=1S/C35H39F10NO4S/c1-31-20-27(21-5-8-23(9-6-21)49-18-17-46-15-3-2-4-16-46)30-25-12-10-24(19-22(25)7-11-26(30)28(31)13-14-29(31)36)50-51(47,48)35(44,45)33(39,40)32(37,38)34(41,42)43/h5-6,8-10,12,19,26-30H,2-4,7,11,13-18,20H2,1H3/t26-,27+,28-,29+,30+,31-/m0/s1. The van der Waals surface area contributed by atoms with E-state index in [9.17, 15) is 47.9 Å². The largest absolute Gasteiger partial charge is 0.492 e. The van der Waals surface area contributed by atoms with E-state index in [0.717, 1.165) is 50.2 Å². The lowest BCUT2D eigenvalue weighted by Crippen LogP contribution is -2.63. The molecule has 3 aliphatic carbocycles. The summed E-state index contributed by atoms with van der Waals surface area (Å²) in [6.07, 6.45) is -2.43. The minimum Gasteiger partial charge on any atom is -0.492 e. The zero-order valence-electron chi connectivity index (χ0n) is 27.7. The van der Waals surface area contributed by atoms with Crippen LogP contribution < -0.4 is 8.92 Å². The molecule has 16 heteroatoms. The van der Waals surface area contributed by atoms with Gasteiger partial charge in [0.25, 0.3) is 0 Å². The first-order chi connectivity index (χ1) is 23.7.